The average Bonchev–Trinajstić information content (AvgIpc) is 2.37. The first kappa shape index (κ1) is 17.4. The summed E-state index contributed by atoms with van der Waals surface area (Å²) >= 11 is 0. The number of carbonyl (C=O) groups excluding carboxylic acids is 2. The number of nitrogens with one attached hydrogen (secondary N) is 2. The number of carbonyl (C=O) groups is 2. The van der Waals surface area contributed by atoms with Gasteiger partial charge in [0.2, 0.25) is 11.8 Å². The first-order valence-corrected chi connectivity index (χ1v) is 5.99. The highest BCUT2D eigenvalue weighted by Gasteiger charge is 2.04. The summed E-state index contributed by atoms with van der Waals surface area (Å²) < 4.78 is 0. The van der Waals surface area contributed by atoms with Crippen LogP contribution < -0.4 is 16.4 Å². The van der Waals surface area contributed by atoms with Crippen LogP contribution in [0.15, 0.2) is 30.3 Å². The molecule has 0 saturated heterocycles. The highest BCUT2D eigenvalue weighted by atomic mass is 35.5. The van der Waals surface area contributed by atoms with Gasteiger partial charge in [0.1, 0.15) is 0 Å². The van der Waals surface area contributed by atoms with E-state index in [2.05, 4.69) is 10.6 Å². The van der Waals surface area contributed by atoms with E-state index in [1.165, 1.54) is 0 Å². The maximum absolute atomic E-state index is 11.5. The molecule has 2 amide bonds. The fourth-order valence-electron chi connectivity index (χ4n) is 1.46. The van der Waals surface area contributed by atoms with Crippen LogP contribution in [0.5, 0.6) is 0 Å². The molecule has 0 radical (unpaired) electrons. The topological polar surface area (TPSA) is 84.2 Å². The van der Waals surface area contributed by atoms with Crippen molar-refractivity contribution in [1.29, 1.82) is 0 Å². The summed E-state index contributed by atoms with van der Waals surface area (Å²) in [6.07, 6.45) is 0.617. The molecule has 0 fully saturated rings. The molecule has 19 heavy (non-hydrogen) atoms. The lowest BCUT2D eigenvalue weighted by molar-refractivity contribution is -0.122. The SMILES string of the molecule is Cl.NCCNC(=O)CCNC(=O)Cc1ccccc1. The number of hydrogen-bond acceptors (Lipinski definition) is 3. The lowest BCUT2D eigenvalue weighted by atomic mass is 10.1. The molecular formula is C13H20ClN3O2. The summed E-state index contributed by atoms with van der Waals surface area (Å²) in [6.45, 7) is 1.24. The van der Waals surface area contributed by atoms with Gasteiger partial charge in [0.25, 0.3) is 0 Å². The van der Waals surface area contributed by atoms with Crippen molar-refractivity contribution < 1.29 is 9.59 Å². The van der Waals surface area contributed by atoms with E-state index in [0.717, 1.165) is 5.56 Å². The van der Waals surface area contributed by atoms with E-state index in [-0.39, 0.29) is 30.6 Å². The maximum atomic E-state index is 11.5. The number of hydrogen-bond donors (Lipinski definition) is 3. The third-order valence-corrected chi connectivity index (χ3v) is 2.35. The number of halogens is 1. The molecule has 1 aromatic carbocycles. The van der Waals surface area contributed by atoms with Crippen molar-refractivity contribution in [2.45, 2.75) is 12.8 Å². The van der Waals surface area contributed by atoms with Crippen molar-refractivity contribution >= 4 is 24.2 Å². The molecule has 0 heterocycles. The second kappa shape index (κ2) is 10.3. The smallest absolute Gasteiger partial charge is 0.224 e. The molecule has 6 heteroatoms. The van der Waals surface area contributed by atoms with Gasteiger partial charge >= 0.3 is 0 Å². The molecule has 1 rings (SSSR count). The van der Waals surface area contributed by atoms with Crippen LogP contribution in [0, 0.1) is 0 Å². The molecule has 0 aliphatic carbocycles. The fraction of sp³-hybridized carbons (Fsp3) is 0.385. The van der Waals surface area contributed by atoms with Crippen LogP contribution in [0.25, 0.3) is 0 Å². The number of amides is 2. The Morgan fingerprint density at radius 1 is 1.00 bits per heavy atom. The van der Waals surface area contributed by atoms with Gasteiger partial charge in [-0.15, -0.1) is 12.4 Å². The van der Waals surface area contributed by atoms with Crippen LogP contribution in [0.3, 0.4) is 0 Å². The van der Waals surface area contributed by atoms with E-state index in [9.17, 15) is 9.59 Å². The standard InChI is InChI=1S/C13H19N3O2.ClH/c14-7-9-16-12(17)6-8-15-13(18)10-11-4-2-1-3-5-11;/h1-5H,6-10,14H2,(H,15,18)(H,16,17);1H. The van der Waals surface area contributed by atoms with E-state index in [1.54, 1.807) is 0 Å². The Morgan fingerprint density at radius 3 is 2.26 bits per heavy atom. The van der Waals surface area contributed by atoms with Gasteiger partial charge in [-0.3, -0.25) is 9.59 Å². The summed E-state index contributed by atoms with van der Waals surface area (Å²) in [5, 5.41) is 5.35. The van der Waals surface area contributed by atoms with Crippen molar-refractivity contribution in [1.82, 2.24) is 10.6 Å². The van der Waals surface area contributed by atoms with E-state index in [4.69, 9.17) is 5.73 Å². The van der Waals surface area contributed by atoms with Crippen molar-refractivity contribution in [2.24, 2.45) is 5.73 Å². The second-order valence-corrected chi connectivity index (χ2v) is 3.90. The minimum atomic E-state index is -0.0968. The third kappa shape index (κ3) is 8.18. The zero-order valence-electron chi connectivity index (χ0n) is 10.7. The van der Waals surface area contributed by atoms with Gasteiger partial charge < -0.3 is 16.4 Å². The van der Waals surface area contributed by atoms with Gasteiger partial charge in [-0.25, -0.2) is 0 Å². The third-order valence-electron chi connectivity index (χ3n) is 2.35. The summed E-state index contributed by atoms with van der Waals surface area (Å²) in [5.74, 6) is -0.173. The summed E-state index contributed by atoms with van der Waals surface area (Å²) in [5.41, 5.74) is 6.22. The summed E-state index contributed by atoms with van der Waals surface area (Å²) in [6, 6.07) is 9.48. The van der Waals surface area contributed by atoms with Crippen LogP contribution in [0.2, 0.25) is 0 Å². The number of benzene rings is 1. The van der Waals surface area contributed by atoms with Crippen LogP contribution in [0.4, 0.5) is 0 Å². The normalized spacial score (nSPS) is 9.32. The Labute approximate surface area is 119 Å². The largest absolute Gasteiger partial charge is 0.355 e. The van der Waals surface area contributed by atoms with E-state index in [0.29, 0.717) is 26.1 Å². The fourth-order valence-corrected chi connectivity index (χ4v) is 1.46. The Bertz CT molecular complexity index is 385. The quantitative estimate of drug-likeness (QED) is 0.671. The average molecular weight is 286 g/mol. The van der Waals surface area contributed by atoms with Gasteiger partial charge in [-0.1, -0.05) is 30.3 Å². The Balaban J connectivity index is 0.00000324. The molecule has 5 nitrogen and oxygen atoms in total. The summed E-state index contributed by atoms with van der Waals surface area (Å²) in [7, 11) is 0. The molecule has 0 aliphatic heterocycles. The van der Waals surface area contributed by atoms with Gasteiger partial charge in [-0.2, -0.15) is 0 Å². The highest BCUT2D eigenvalue weighted by molar-refractivity contribution is 5.85. The van der Waals surface area contributed by atoms with Crippen molar-refractivity contribution in [3.8, 4) is 0 Å². The molecule has 0 aromatic heterocycles. The molecule has 1 aromatic rings. The molecule has 106 valence electrons. The lowest BCUT2D eigenvalue weighted by Crippen LogP contribution is -2.33. The number of nitrogens with two attached hydrogens (primary N) is 1. The van der Waals surface area contributed by atoms with Crippen LogP contribution in [-0.4, -0.2) is 31.4 Å². The van der Waals surface area contributed by atoms with Crippen molar-refractivity contribution in [3.05, 3.63) is 35.9 Å². The van der Waals surface area contributed by atoms with Crippen LogP contribution in [-0.2, 0) is 16.0 Å². The van der Waals surface area contributed by atoms with Gasteiger partial charge in [0.15, 0.2) is 0 Å². The lowest BCUT2D eigenvalue weighted by Gasteiger charge is -2.06. The first-order chi connectivity index (χ1) is 8.72. The predicted molar refractivity (Wildman–Crippen MR) is 77.1 cm³/mol. The monoisotopic (exact) mass is 285 g/mol. The van der Waals surface area contributed by atoms with Crippen molar-refractivity contribution in [3.63, 3.8) is 0 Å². The zero-order valence-corrected chi connectivity index (χ0v) is 11.5. The van der Waals surface area contributed by atoms with Crippen LogP contribution in [0.1, 0.15) is 12.0 Å². The van der Waals surface area contributed by atoms with Gasteiger partial charge in [-0.05, 0) is 5.56 Å². The predicted octanol–water partition coefficient (Wildman–Crippen LogP) is 0.232. The van der Waals surface area contributed by atoms with Gasteiger partial charge in [0.05, 0.1) is 6.42 Å². The molecule has 0 spiro atoms. The molecule has 0 bridgehead atoms. The Morgan fingerprint density at radius 2 is 1.63 bits per heavy atom. The molecule has 0 atom stereocenters. The molecule has 0 saturated carbocycles. The minimum absolute atomic E-state index is 0. The maximum Gasteiger partial charge on any atom is 0.224 e. The van der Waals surface area contributed by atoms with Crippen LogP contribution >= 0.6 is 12.4 Å². The number of rotatable bonds is 7. The van der Waals surface area contributed by atoms with E-state index < -0.39 is 0 Å². The first-order valence-electron chi connectivity index (χ1n) is 5.99. The van der Waals surface area contributed by atoms with Crippen molar-refractivity contribution in [2.75, 3.05) is 19.6 Å². The Hall–Kier alpha value is -1.59. The second-order valence-electron chi connectivity index (χ2n) is 3.90. The highest BCUT2D eigenvalue weighted by Crippen LogP contribution is 1.98. The zero-order chi connectivity index (χ0) is 13.2. The minimum Gasteiger partial charge on any atom is -0.355 e. The molecule has 0 aliphatic rings. The molecule has 0 unspecified atom stereocenters. The summed E-state index contributed by atoms with van der Waals surface area (Å²) in [4.78, 5) is 22.8. The van der Waals surface area contributed by atoms with Gasteiger partial charge in [0, 0.05) is 26.1 Å². The molecule has 4 N–H and O–H groups in total. The Kier molecular flexibility index (Phi) is 9.48. The molecular weight excluding hydrogens is 266 g/mol. The van der Waals surface area contributed by atoms with E-state index in [1.807, 2.05) is 30.3 Å². The van der Waals surface area contributed by atoms with E-state index >= 15 is 0 Å².